The summed E-state index contributed by atoms with van der Waals surface area (Å²) in [6, 6.07) is 8.55. The van der Waals surface area contributed by atoms with Gasteiger partial charge in [-0.2, -0.15) is 0 Å². The minimum absolute atomic E-state index is 0.189. The standard InChI is InChI=1S/C16H22N2O4/c1-16(2,3)22-15(21)17-13-12(19)10-18(14(13)20)9-11-7-5-4-6-8-11/h4-8,12-13,19H,9-10H2,1-3H3,(H,17,21). The number of ether oxygens (including phenoxy) is 1. The molecule has 0 saturated carbocycles. The Morgan fingerprint density at radius 3 is 2.59 bits per heavy atom. The van der Waals surface area contributed by atoms with Gasteiger partial charge in [0.25, 0.3) is 0 Å². The van der Waals surface area contributed by atoms with E-state index in [2.05, 4.69) is 5.32 Å². The van der Waals surface area contributed by atoms with Crippen LogP contribution in [0.4, 0.5) is 4.79 Å². The summed E-state index contributed by atoms with van der Waals surface area (Å²) in [6.45, 7) is 5.81. The van der Waals surface area contributed by atoms with Crippen molar-refractivity contribution in [2.45, 2.75) is 45.1 Å². The number of carbonyl (C=O) groups excluding carboxylic acids is 2. The van der Waals surface area contributed by atoms with Gasteiger partial charge >= 0.3 is 6.09 Å². The molecule has 0 radical (unpaired) electrons. The van der Waals surface area contributed by atoms with Crippen molar-refractivity contribution < 1.29 is 19.4 Å². The van der Waals surface area contributed by atoms with Crippen LogP contribution in [-0.4, -0.2) is 46.3 Å². The average molecular weight is 306 g/mol. The molecule has 0 spiro atoms. The SMILES string of the molecule is CC(C)(C)OC(=O)NC1C(=O)N(Cc2ccccc2)CC1O. The number of β-amino-alcohol motifs (C(OH)–C–C–N with tert-alkyl or cyclic N) is 1. The van der Waals surface area contributed by atoms with Gasteiger partial charge < -0.3 is 20.1 Å². The van der Waals surface area contributed by atoms with Crippen molar-refractivity contribution in [3.05, 3.63) is 35.9 Å². The fourth-order valence-electron chi connectivity index (χ4n) is 2.32. The highest BCUT2D eigenvalue weighted by Gasteiger charge is 2.40. The largest absolute Gasteiger partial charge is 0.444 e. The van der Waals surface area contributed by atoms with Crippen LogP contribution >= 0.6 is 0 Å². The number of nitrogens with one attached hydrogen (secondary N) is 1. The van der Waals surface area contributed by atoms with Crippen molar-refractivity contribution in [2.24, 2.45) is 0 Å². The Hall–Kier alpha value is -2.08. The van der Waals surface area contributed by atoms with E-state index < -0.39 is 23.8 Å². The molecule has 1 fully saturated rings. The van der Waals surface area contributed by atoms with Crippen molar-refractivity contribution in [1.29, 1.82) is 0 Å². The van der Waals surface area contributed by atoms with Crippen LogP contribution in [0.15, 0.2) is 30.3 Å². The second kappa shape index (κ2) is 6.36. The van der Waals surface area contributed by atoms with Crippen molar-refractivity contribution in [3.8, 4) is 0 Å². The molecule has 0 bridgehead atoms. The number of aliphatic hydroxyl groups is 1. The molecule has 1 aliphatic heterocycles. The molecule has 1 saturated heterocycles. The molecule has 2 N–H and O–H groups in total. The second-order valence-corrected chi connectivity index (χ2v) is 6.40. The van der Waals surface area contributed by atoms with E-state index in [0.717, 1.165) is 5.56 Å². The molecule has 0 aromatic heterocycles. The first-order chi connectivity index (χ1) is 10.3. The van der Waals surface area contributed by atoms with Gasteiger partial charge in [0, 0.05) is 13.1 Å². The summed E-state index contributed by atoms with van der Waals surface area (Å²) in [7, 11) is 0. The Kier molecular flexibility index (Phi) is 4.71. The van der Waals surface area contributed by atoms with Gasteiger partial charge in [-0.3, -0.25) is 4.79 Å². The highest BCUT2D eigenvalue weighted by Crippen LogP contribution is 2.16. The fourth-order valence-corrected chi connectivity index (χ4v) is 2.32. The molecule has 1 aromatic rings. The normalized spacial score (nSPS) is 21.8. The third kappa shape index (κ3) is 4.21. The maximum atomic E-state index is 12.3. The molecule has 22 heavy (non-hydrogen) atoms. The zero-order valence-corrected chi connectivity index (χ0v) is 13.1. The predicted octanol–water partition coefficient (Wildman–Crippen LogP) is 1.28. The molecule has 2 rings (SSSR count). The number of hydrogen-bond acceptors (Lipinski definition) is 4. The third-order valence-electron chi connectivity index (χ3n) is 3.26. The van der Waals surface area contributed by atoms with E-state index in [1.165, 1.54) is 4.90 Å². The molecular weight excluding hydrogens is 284 g/mol. The maximum Gasteiger partial charge on any atom is 0.408 e. The summed E-state index contributed by atoms with van der Waals surface area (Å²) in [5, 5.41) is 12.5. The minimum atomic E-state index is -0.960. The van der Waals surface area contributed by atoms with Gasteiger partial charge in [-0.05, 0) is 26.3 Å². The number of alkyl carbamates (subject to hydrolysis) is 1. The lowest BCUT2D eigenvalue weighted by Crippen LogP contribution is -2.47. The van der Waals surface area contributed by atoms with Gasteiger partial charge in [0.2, 0.25) is 5.91 Å². The Morgan fingerprint density at radius 2 is 2.00 bits per heavy atom. The molecule has 1 aliphatic rings. The molecular formula is C16H22N2O4. The molecule has 120 valence electrons. The van der Waals surface area contributed by atoms with Crippen LogP contribution in [0.25, 0.3) is 0 Å². The molecule has 0 aliphatic carbocycles. The number of aliphatic hydroxyl groups excluding tert-OH is 1. The number of benzene rings is 1. The van der Waals surface area contributed by atoms with Crippen LogP contribution in [0.5, 0.6) is 0 Å². The molecule has 2 unspecified atom stereocenters. The number of hydrogen-bond donors (Lipinski definition) is 2. The van der Waals surface area contributed by atoms with E-state index in [1.807, 2.05) is 30.3 Å². The van der Waals surface area contributed by atoms with Crippen LogP contribution in [0.2, 0.25) is 0 Å². The predicted molar refractivity (Wildman–Crippen MR) is 81.0 cm³/mol. The van der Waals surface area contributed by atoms with Gasteiger partial charge in [-0.15, -0.1) is 0 Å². The van der Waals surface area contributed by atoms with Crippen molar-refractivity contribution in [2.75, 3.05) is 6.54 Å². The zero-order chi connectivity index (χ0) is 16.3. The van der Waals surface area contributed by atoms with E-state index >= 15 is 0 Å². The summed E-state index contributed by atoms with van der Waals surface area (Å²) >= 11 is 0. The lowest BCUT2D eigenvalue weighted by atomic mass is 10.2. The average Bonchev–Trinajstić information content (AvgIpc) is 2.66. The molecule has 1 aromatic carbocycles. The van der Waals surface area contributed by atoms with Crippen LogP contribution in [0, 0.1) is 0 Å². The first-order valence-corrected chi connectivity index (χ1v) is 7.26. The van der Waals surface area contributed by atoms with Crippen LogP contribution < -0.4 is 5.32 Å². The Morgan fingerprint density at radius 1 is 1.36 bits per heavy atom. The number of amides is 2. The second-order valence-electron chi connectivity index (χ2n) is 6.40. The summed E-state index contributed by atoms with van der Waals surface area (Å²) in [5.74, 6) is -0.304. The molecule has 2 atom stereocenters. The van der Waals surface area contributed by atoms with Crippen LogP contribution in [0.3, 0.4) is 0 Å². The molecule has 2 amide bonds. The highest BCUT2D eigenvalue weighted by atomic mass is 16.6. The van der Waals surface area contributed by atoms with Crippen molar-refractivity contribution in [3.63, 3.8) is 0 Å². The number of nitrogens with zero attached hydrogens (tertiary/aromatic N) is 1. The lowest BCUT2D eigenvalue weighted by Gasteiger charge is -2.22. The van der Waals surface area contributed by atoms with Crippen LogP contribution in [-0.2, 0) is 16.1 Å². The number of likely N-dealkylation sites (tertiary alicyclic amines) is 1. The quantitative estimate of drug-likeness (QED) is 0.882. The first kappa shape index (κ1) is 16.3. The van der Waals surface area contributed by atoms with Crippen molar-refractivity contribution >= 4 is 12.0 Å². The topological polar surface area (TPSA) is 78.9 Å². The lowest BCUT2D eigenvalue weighted by molar-refractivity contribution is -0.130. The Labute approximate surface area is 130 Å². The van der Waals surface area contributed by atoms with Gasteiger partial charge in [-0.1, -0.05) is 30.3 Å². The van der Waals surface area contributed by atoms with Gasteiger partial charge in [0.05, 0.1) is 0 Å². The molecule has 6 nitrogen and oxygen atoms in total. The van der Waals surface area contributed by atoms with Gasteiger partial charge in [-0.25, -0.2) is 4.79 Å². The zero-order valence-electron chi connectivity index (χ0n) is 13.1. The third-order valence-corrected chi connectivity index (χ3v) is 3.26. The van der Waals surface area contributed by atoms with E-state index in [-0.39, 0.29) is 12.5 Å². The smallest absolute Gasteiger partial charge is 0.408 e. The van der Waals surface area contributed by atoms with E-state index in [1.54, 1.807) is 20.8 Å². The molecule has 1 heterocycles. The minimum Gasteiger partial charge on any atom is -0.444 e. The van der Waals surface area contributed by atoms with Crippen LogP contribution in [0.1, 0.15) is 26.3 Å². The Balaban J connectivity index is 1.97. The van der Waals surface area contributed by atoms with E-state index in [4.69, 9.17) is 4.74 Å². The maximum absolute atomic E-state index is 12.3. The molecule has 6 heteroatoms. The Bertz CT molecular complexity index is 539. The van der Waals surface area contributed by atoms with Gasteiger partial charge in [0.15, 0.2) is 0 Å². The van der Waals surface area contributed by atoms with Crippen molar-refractivity contribution in [1.82, 2.24) is 10.2 Å². The first-order valence-electron chi connectivity index (χ1n) is 7.26. The number of rotatable bonds is 3. The monoisotopic (exact) mass is 306 g/mol. The summed E-state index contributed by atoms with van der Waals surface area (Å²) in [4.78, 5) is 25.6. The van der Waals surface area contributed by atoms with E-state index in [0.29, 0.717) is 6.54 Å². The number of carbonyl (C=O) groups is 2. The fraction of sp³-hybridized carbons (Fsp3) is 0.500. The highest BCUT2D eigenvalue weighted by molar-refractivity contribution is 5.88. The summed E-state index contributed by atoms with van der Waals surface area (Å²) < 4.78 is 5.12. The summed E-state index contributed by atoms with van der Waals surface area (Å²) in [5.41, 5.74) is 0.321. The van der Waals surface area contributed by atoms with E-state index in [9.17, 15) is 14.7 Å². The van der Waals surface area contributed by atoms with Gasteiger partial charge in [0.1, 0.15) is 17.7 Å². The summed E-state index contributed by atoms with van der Waals surface area (Å²) in [6.07, 6.45) is -1.64.